The van der Waals surface area contributed by atoms with Crippen molar-refractivity contribution >= 4 is 17.7 Å². The number of carbonyl (C=O) groups excluding carboxylic acids is 1. The van der Waals surface area contributed by atoms with Gasteiger partial charge in [-0.25, -0.2) is 4.79 Å². The lowest BCUT2D eigenvalue weighted by Gasteiger charge is -2.05. The predicted octanol–water partition coefficient (Wildman–Crippen LogP) is 3.04. The zero-order chi connectivity index (χ0) is 11.8. The first-order valence-corrected chi connectivity index (χ1v) is 6.36. The van der Waals surface area contributed by atoms with Gasteiger partial charge in [-0.15, -0.1) is 0 Å². The number of esters is 1. The van der Waals surface area contributed by atoms with Gasteiger partial charge in [-0.05, 0) is 12.5 Å². The second kappa shape index (κ2) is 7.12. The van der Waals surface area contributed by atoms with Gasteiger partial charge in [-0.3, -0.25) is 0 Å². The lowest BCUT2D eigenvalue weighted by atomic mass is 10.2. The van der Waals surface area contributed by atoms with Gasteiger partial charge in [0.25, 0.3) is 0 Å². The van der Waals surface area contributed by atoms with Crippen LogP contribution in [0.2, 0.25) is 0 Å². The van der Waals surface area contributed by atoms with Gasteiger partial charge in [0.1, 0.15) is 0 Å². The van der Waals surface area contributed by atoms with Gasteiger partial charge < -0.3 is 4.74 Å². The van der Waals surface area contributed by atoms with Crippen LogP contribution in [0.5, 0.6) is 0 Å². The minimum Gasteiger partial charge on any atom is -0.463 e. The summed E-state index contributed by atoms with van der Waals surface area (Å²) in [5.74, 6) is 1.22. The summed E-state index contributed by atoms with van der Waals surface area (Å²) in [6, 6.07) is 10.2. The van der Waals surface area contributed by atoms with Crippen molar-refractivity contribution in [3.8, 4) is 0 Å². The standard InChI is InChI=1S/C13H16O2S/c1-3-15-13(14)11(2)9-16-10-12-7-5-4-6-8-12/h4-8H,2-3,9-10H2,1H3. The van der Waals surface area contributed by atoms with E-state index in [0.29, 0.717) is 17.9 Å². The minimum absolute atomic E-state index is 0.289. The highest BCUT2D eigenvalue weighted by Crippen LogP contribution is 2.14. The monoisotopic (exact) mass is 236 g/mol. The van der Waals surface area contributed by atoms with Crippen molar-refractivity contribution in [3.05, 3.63) is 48.0 Å². The smallest absolute Gasteiger partial charge is 0.334 e. The Balaban J connectivity index is 2.26. The Morgan fingerprint density at radius 2 is 2.06 bits per heavy atom. The van der Waals surface area contributed by atoms with Crippen LogP contribution in [-0.2, 0) is 15.3 Å². The second-order valence-corrected chi connectivity index (χ2v) is 4.29. The fourth-order valence-electron chi connectivity index (χ4n) is 1.16. The molecule has 0 fully saturated rings. The SMILES string of the molecule is C=C(CSCc1ccccc1)C(=O)OCC. The number of carbonyl (C=O) groups is 1. The molecule has 0 atom stereocenters. The van der Waals surface area contributed by atoms with E-state index >= 15 is 0 Å². The lowest BCUT2D eigenvalue weighted by Crippen LogP contribution is -2.08. The van der Waals surface area contributed by atoms with E-state index in [2.05, 4.69) is 18.7 Å². The van der Waals surface area contributed by atoms with Gasteiger partial charge in [0.2, 0.25) is 0 Å². The first-order chi connectivity index (χ1) is 7.74. The summed E-state index contributed by atoms with van der Waals surface area (Å²) >= 11 is 1.67. The molecule has 2 nitrogen and oxygen atoms in total. The van der Waals surface area contributed by atoms with Crippen molar-refractivity contribution in [2.75, 3.05) is 12.4 Å². The molecule has 3 heteroatoms. The Morgan fingerprint density at radius 1 is 1.38 bits per heavy atom. The van der Waals surface area contributed by atoms with Crippen LogP contribution >= 0.6 is 11.8 Å². The molecule has 1 aromatic rings. The minimum atomic E-state index is -0.289. The summed E-state index contributed by atoms with van der Waals surface area (Å²) in [4.78, 5) is 11.3. The fourth-order valence-corrected chi connectivity index (χ4v) is 2.05. The van der Waals surface area contributed by atoms with E-state index in [-0.39, 0.29) is 5.97 Å². The molecule has 0 aromatic heterocycles. The number of thioether (sulfide) groups is 1. The van der Waals surface area contributed by atoms with E-state index in [1.807, 2.05) is 18.2 Å². The maximum absolute atomic E-state index is 11.3. The van der Waals surface area contributed by atoms with Crippen LogP contribution in [-0.4, -0.2) is 18.3 Å². The van der Waals surface area contributed by atoms with Crippen LogP contribution in [0.15, 0.2) is 42.5 Å². The van der Waals surface area contributed by atoms with E-state index in [1.165, 1.54) is 5.56 Å². The van der Waals surface area contributed by atoms with Crippen molar-refractivity contribution in [2.45, 2.75) is 12.7 Å². The second-order valence-electron chi connectivity index (χ2n) is 3.30. The Morgan fingerprint density at radius 3 is 2.69 bits per heavy atom. The highest BCUT2D eigenvalue weighted by atomic mass is 32.2. The summed E-state index contributed by atoms with van der Waals surface area (Å²) in [5.41, 5.74) is 1.78. The van der Waals surface area contributed by atoms with E-state index in [1.54, 1.807) is 18.7 Å². The molecule has 0 spiro atoms. The van der Waals surface area contributed by atoms with E-state index < -0.39 is 0 Å². The van der Waals surface area contributed by atoms with E-state index in [4.69, 9.17) is 4.74 Å². The van der Waals surface area contributed by atoms with Crippen LogP contribution in [0, 0.1) is 0 Å². The van der Waals surface area contributed by atoms with Gasteiger partial charge in [0, 0.05) is 17.1 Å². The molecule has 0 aliphatic carbocycles. The van der Waals surface area contributed by atoms with Crippen LogP contribution in [0.25, 0.3) is 0 Å². The van der Waals surface area contributed by atoms with Crippen molar-refractivity contribution < 1.29 is 9.53 Å². The van der Waals surface area contributed by atoms with Gasteiger partial charge in [0.15, 0.2) is 0 Å². The molecule has 1 rings (SSSR count). The zero-order valence-corrected chi connectivity index (χ0v) is 10.3. The predicted molar refractivity (Wildman–Crippen MR) is 68.4 cm³/mol. The molecule has 0 radical (unpaired) electrons. The van der Waals surface area contributed by atoms with E-state index in [9.17, 15) is 4.79 Å². The molecule has 1 aromatic carbocycles. The third kappa shape index (κ3) is 4.53. The molecule has 16 heavy (non-hydrogen) atoms. The molecule has 86 valence electrons. The maximum atomic E-state index is 11.3. The average Bonchev–Trinajstić information content (AvgIpc) is 2.30. The molecular formula is C13H16O2S. The van der Waals surface area contributed by atoms with Gasteiger partial charge in [-0.1, -0.05) is 36.9 Å². The Kier molecular flexibility index (Phi) is 5.72. The number of benzene rings is 1. The largest absolute Gasteiger partial charge is 0.463 e. The number of ether oxygens (including phenoxy) is 1. The highest BCUT2D eigenvalue weighted by molar-refractivity contribution is 7.98. The topological polar surface area (TPSA) is 26.3 Å². The van der Waals surface area contributed by atoms with Gasteiger partial charge in [0.05, 0.1) is 6.61 Å². The lowest BCUT2D eigenvalue weighted by molar-refractivity contribution is -0.138. The van der Waals surface area contributed by atoms with Crippen LogP contribution in [0.4, 0.5) is 0 Å². The Bertz CT molecular complexity index is 346. The number of hydrogen-bond acceptors (Lipinski definition) is 3. The molecule has 0 unspecified atom stereocenters. The highest BCUT2D eigenvalue weighted by Gasteiger charge is 2.07. The summed E-state index contributed by atoms with van der Waals surface area (Å²) < 4.78 is 4.85. The summed E-state index contributed by atoms with van der Waals surface area (Å²) in [5, 5.41) is 0. The molecule has 0 saturated heterocycles. The fraction of sp³-hybridized carbons (Fsp3) is 0.308. The molecule has 0 heterocycles. The molecular weight excluding hydrogens is 220 g/mol. The van der Waals surface area contributed by atoms with Crippen LogP contribution in [0.1, 0.15) is 12.5 Å². The van der Waals surface area contributed by atoms with Gasteiger partial charge >= 0.3 is 5.97 Å². The third-order valence-corrected chi connectivity index (χ3v) is 3.04. The maximum Gasteiger partial charge on any atom is 0.334 e. The van der Waals surface area contributed by atoms with Crippen LogP contribution in [0.3, 0.4) is 0 Å². The van der Waals surface area contributed by atoms with Crippen molar-refractivity contribution in [1.29, 1.82) is 0 Å². The molecule has 0 bridgehead atoms. The first kappa shape index (κ1) is 12.8. The molecule has 0 aliphatic heterocycles. The molecule has 0 amide bonds. The van der Waals surface area contributed by atoms with E-state index in [0.717, 1.165) is 5.75 Å². The third-order valence-electron chi connectivity index (χ3n) is 1.95. The average molecular weight is 236 g/mol. The summed E-state index contributed by atoms with van der Waals surface area (Å²) in [6.45, 7) is 5.91. The summed E-state index contributed by atoms with van der Waals surface area (Å²) in [6.07, 6.45) is 0. The molecule has 0 aliphatic rings. The number of hydrogen-bond donors (Lipinski definition) is 0. The number of rotatable bonds is 6. The van der Waals surface area contributed by atoms with Gasteiger partial charge in [-0.2, -0.15) is 11.8 Å². The van der Waals surface area contributed by atoms with Crippen molar-refractivity contribution in [3.63, 3.8) is 0 Å². The Hall–Kier alpha value is -1.22. The zero-order valence-electron chi connectivity index (χ0n) is 9.44. The Labute approximate surface area is 101 Å². The van der Waals surface area contributed by atoms with Crippen LogP contribution < -0.4 is 0 Å². The summed E-state index contributed by atoms with van der Waals surface area (Å²) in [7, 11) is 0. The molecule has 0 N–H and O–H groups in total. The molecule has 0 saturated carbocycles. The quantitative estimate of drug-likeness (QED) is 0.561. The van der Waals surface area contributed by atoms with Crippen molar-refractivity contribution in [1.82, 2.24) is 0 Å². The van der Waals surface area contributed by atoms with Crippen molar-refractivity contribution in [2.24, 2.45) is 0 Å². The normalized spacial score (nSPS) is 9.81. The first-order valence-electron chi connectivity index (χ1n) is 5.20.